The van der Waals surface area contributed by atoms with Gasteiger partial charge in [0.15, 0.2) is 5.76 Å². The maximum absolute atomic E-state index is 12.4. The van der Waals surface area contributed by atoms with E-state index in [1.165, 1.54) is 12.3 Å². The highest BCUT2D eigenvalue weighted by atomic mass is 79.9. The van der Waals surface area contributed by atoms with Gasteiger partial charge in [-0.1, -0.05) is 12.1 Å². The number of hydrogen-bond acceptors (Lipinski definition) is 6. The molecule has 0 atom stereocenters. The van der Waals surface area contributed by atoms with Crippen molar-refractivity contribution in [2.45, 2.75) is 13.5 Å². The van der Waals surface area contributed by atoms with Crippen LogP contribution < -0.4 is 14.9 Å². The van der Waals surface area contributed by atoms with Crippen molar-refractivity contribution in [2.24, 2.45) is 5.10 Å². The van der Waals surface area contributed by atoms with Crippen LogP contribution in [0.1, 0.15) is 39.0 Å². The smallest absolute Gasteiger partial charge is 0.335 e. The number of fused-ring (bicyclic) bond motifs is 1. The Bertz CT molecular complexity index is 1410. The van der Waals surface area contributed by atoms with E-state index in [0.717, 1.165) is 16.5 Å². The van der Waals surface area contributed by atoms with Gasteiger partial charge in [0, 0.05) is 5.39 Å². The maximum Gasteiger partial charge on any atom is 0.335 e. The third kappa shape index (κ3) is 6.07. The van der Waals surface area contributed by atoms with Crippen molar-refractivity contribution in [3.63, 3.8) is 0 Å². The van der Waals surface area contributed by atoms with Crippen molar-refractivity contribution in [1.29, 1.82) is 0 Å². The van der Waals surface area contributed by atoms with E-state index < -0.39 is 11.9 Å². The largest absolute Gasteiger partial charge is 0.494 e. The van der Waals surface area contributed by atoms with Crippen molar-refractivity contribution in [3.8, 4) is 11.5 Å². The molecule has 0 spiro atoms. The number of nitrogens with one attached hydrogen (secondary N) is 1. The number of rotatable bonds is 9. The van der Waals surface area contributed by atoms with Crippen LogP contribution in [-0.2, 0) is 6.61 Å². The van der Waals surface area contributed by atoms with E-state index in [-0.39, 0.29) is 17.9 Å². The van der Waals surface area contributed by atoms with Crippen LogP contribution in [0.2, 0.25) is 0 Å². The minimum absolute atomic E-state index is 0.141. The molecule has 9 heteroatoms. The standard InChI is InChI=1S/C26H21BrN2O6/c1-2-33-20-7-9-22-19(12-20)13-24(35-22)25(30)29-28-14-16-6-8-23(21(27)11-16)34-15-17-4-3-5-18(10-17)26(31)32/h3-14H,2,15H2,1H3,(H,29,30)(H,31,32)/b28-14+. The van der Waals surface area contributed by atoms with Gasteiger partial charge in [0.05, 0.1) is 22.9 Å². The summed E-state index contributed by atoms with van der Waals surface area (Å²) in [5.41, 5.74) is 4.71. The maximum atomic E-state index is 12.4. The molecule has 2 N–H and O–H groups in total. The van der Waals surface area contributed by atoms with Crippen LogP contribution >= 0.6 is 15.9 Å². The predicted octanol–water partition coefficient (Wildman–Crippen LogP) is 5.64. The zero-order valence-electron chi connectivity index (χ0n) is 18.7. The van der Waals surface area contributed by atoms with Crippen molar-refractivity contribution < 1.29 is 28.6 Å². The summed E-state index contributed by atoms with van der Waals surface area (Å²) in [6.45, 7) is 2.67. The topological polar surface area (TPSA) is 110 Å². The van der Waals surface area contributed by atoms with E-state index in [0.29, 0.717) is 28.2 Å². The fraction of sp³-hybridized carbons (Fsp3) is 0.115. The fourth-order valence-corrected chi connectivity index (χ4v) is 3.79. The second kappa shape index (κ2) is 10.9. The number of ether oxygens (including phenoxy) is 2. The summed E-state index contributed by atoms with van der Waals surface area (Å²) in [5.74, 6) is -0.0290. The lowest BCUT2D eigenvalue weighted by Crippen LogP contribution is -2.16. The third-order valence-corrected chi connectivity index (χ3v) is 5.55. The van der Waals surface area contributed by atoms with E-state index in [1.54, 1.807) is 54.6 Å². The first kappa shape index (κ1) is 24.0. The first-order chi connectivity index (χ1) is 16.9. The average molecular weight is 537 g/mol. The van der Waals surface area contributed by atoms with Crippen LogP contribution in [0.5, 0.6) is 11.5 Å². The first-order valence-corrected chi connectivity index (χ1v) is 11.5. The number of benzene rings is 3. The van der Waals surface area contributed by atoms with E-state index >= 15 is 0 Å². The normalized spacial score (nSPS) is 11.0. The Kier molecular flexibility index (Phi) is 7.47. The molecule has 0 saturated heterocycles. The molecule has 0 saturated carbocycles. The van der Waals surface area contributed by atoms with Crippen LogP contribution in [0.4, 0.5) is 0 Å². The molecule has 1 aromatic heterocycles. The number of aromatic carboxylic acids is 1. The molecule has 0 aliphatic carbocycles. The second-order valence-electron chi connectivity index (χ2n) is 7.43. The minimum Gasteiger partial charge on any atom is -0.494 e. The third-order valence-electron chi connectivity index (χ3n) is 4.93. The van der Waals surface area contributed by atoms with Crippen LogP contribution in [0.25, 0.3) is 11.0 Å². The van der Waals surface area contributed by atoms with E-state index in [4.69, 9.17) is 19.0 Å². The van der Waals surface area contributed by atoms with Crippen molar-refractivity contribution in [1.82, 2.24) is 5.43 Å². The van der Waals surface area contributed by atoms with Crippen LogP contribution in [-0.4, -0.2) is 29.8 Å². The number of carbonyl (C=O) groups is 2. The van der Waals surface area contributed by atoms with Gasteiger partial charge in [-0.05, 0) is 88.6 Å². The molecular weight excluding hydrogens is 516 g/mol. The Balaban J connectivity index is 1.36. The highest BCUT2D eigenvalue weighted by molar-refractivity contribution is 9.10. The molecule has 0 aliphatic rings. The first-order valence-electron chi connectivity index (χ1n) is 10.7. The quantitative estimate of drug-likeness (QED) is 0.211. The summed E-state index contributed by atoms with van der Waals surface area (Å²) in [5, 5.41) is 13.9. The molecule has 0 radical (unpaired) electrons. The van der Waals surface area contributed by atoms with Crippen molar-refractivity contribution in [2.75, 3.05) is 6.61 Å². The van der Waals surface area contributed by atoms with Gasteiger partial charge in [-0.3, -0.25) is 4.79 Å². The van der Waals surface area contributed by atoms with Crippen LogP contribution in [0.15, 0.2) is 80.7 Å². The summed E-state index contributed by atoms with van der Waals surface area (Å²) >= 11 is 3.46. The lowest BCUT2D eigenvalue weighted by atomic mass is 10.1. The molecule has 178 valence electrons. The predicted molar refractivity (Wildman–Crippen MR) is 134 cm³/mol. The summed E-state index contributed by atoms with van der Waals surface area (Å²) in [7, 11) is 0. The zero-order chi connectivity index (χ0) is 24.8. The number of halogens is 1. The van der Waals surface area contributed by atoms with Crippen LogP contribution in [0, 0.1) is 0 Å². The second-order valence-corrected chi connectivity index (χ2v) is 8.28. The van der Waals surface area contributed by atoms with Gasteiger partial charge in [-0.2, -0.15) is 5.10 Å². The minimum atomic E-state index is -0.986. The Morgan fingerprint density at radius 3 is 2.71 bits per heavy atom. The molecule has 8 nitrogen and oxygen atoms in total. The Labute approximate surface area is 209 Å². The zero-order valence-corrected chi connectivity index (χ0v) is 20.2. The lowest BCUT2D eigenvalue weighted by Gasteiger charge is -2.09. The monoisotopic (exact) mass is 536 g/mol. The molecule has 4 aromatic rings. The molecular formula is C26H21BrN2O6. The molecule has 0 aliphatic heterocycles. The highest BCUT2D eigenvalue weighted by Crippen LogP contribution is 2.27. The fourth-order valence-electron chi connectivity index (χ4n) is 3.28. The van der Waals surface area contributed by atoms with E-state index in [9.17, 15) is 9.59 Å². The van der Waals surface area contributed by atoms with Gasteiger partial charge in [-0.15, -0.1) is 0 Å². The lowest BCUT2D eigenvalue weighted by molar-refractivity contribution is 0.0696. The summed E-state index contributed by atoms with van der Waals surface area (Å²) in [6.07, 6.45) is 1.50. The highest BCUT2D eigenvalue weighted by Gasteiger charge is 2.12. The molecule has 1 heterocycles. The van der Waals surface area contributed by atoms with Gasteiger partial charge < -0.3 is 19.0 Å². The number of carboxylic acid groups (broad SMARTS) is 1. The average Bonchev–Trinajstić information content (AvgIpc) is 3.27. The molecule has 1 amide bonds. The molecule has 35 heavy (non-hydrogen) atoms. The van der Waals surface area contributed by atoms with Crippen molar-refractivity contribution in [3.05, 3.63) is 93.7 Å². The van der Waals surface area contributed by atoms with Crippen molar-refractivity contribution >= 4 is 45.0 Å². The summed E-state index contributed by atoms with van der Waals surface area (Å²) < 4.78 is 17.5. The summed E-state index contributed by atoms with van der Waals surface area (Å²) in [4.78, 5) is 23.5. The van der Waals surface area contributed by atoms with Gasteiger partial charge in [-0.25, -0.2) is 10.2 Å². The Hall–Kier alpha value is -4.11. The molecule has 0 fully saturated rings. The number of amides is 1. The molecule has 4 rings (SSSR count). The van der Waals surface area contributed by atoms with E-state index in [2.05, 4.69) is 26.5 Å². The number of hydrazone groups is 1. The summed E-state index contributed by atoms with van der Waals surface area (Å²) in [6, 6.07) is 18.9. The number of carbonyl (C=O) groups excluding carboxylic acids is 1. The molecule has 0 unspecified atom stereocenters. The Morgan fingerprint density at radius 1 is 1.09 bits per heavy atom. The van der Waals surface area contributed by atoms with E-state index in [1.807, 2.05) is 13.0 Å². The number of carboxylic acids is 1. The van der Waals surface area contributed by atoms with Crippen LogP contribution in [0.3, 0.4) is 0 Å². The van der Waals surface area contributed by atoms with Gasteiger partial charge in [0.2, 0.25) is 0 Å². The number of furan rings is 1. The number of nitrogens with zero attached hydrogens (tertiary/aromatic N) is 1. The van der Waals surface area contributed by atoms with Gasteiger partial charge in [0.25, 0.3) is 0 Å². The van der Waals surface area contributed by atoms with Gasteiger partial charge >= 0.3 is 11.9 Å². The van der Waals surface area contributed by atoms with Gasteiger partial charge in [0.1, 0.15) is 23.7 Å². The molecule has 3 aromatic carbocycles. The molecule has 0 bridgehead atoms. The number of hydrogen-bond donors (Lipinski definition) is 2. The Morgan fingerprint density at radius 2 is 1.94 bits per heavy atom. The SMILES string of the molecule is CCOc1ccc2oc(C(=O)N/N=C/c3ccc(OCc4cccc(C(=O)O)c4)c(Br)c3)cc2c1.